The highest BCUT2D eigenvalue weighted by Gasteiger charge is 2.58. The van der Waals surface area contributed by atoms with E-state index in [1.807, 2.05) is 46.4 Å². The minimum atomic E-state index is -0.677. The van der Waals surface area contributed by atoms with Crippen molar-refractivity contribution in [3.8, 4) is 0 Å². The van der Waals surface area contributed by atoms with Gasteiger partial charge in [0.15, 0.2) is 12.4 Å². The van der Waals surface area contributed by atoms with Crippen LogP contribution >= 0.6 is 15.9 Å². The molecule has 0 radical (unpaired) electrons. The van der Waals surface area contributed by atoms with Crippen LogP contribution < -0.4 is 4.90 Å². The van der Waals surface area contributed by atoms with Crippen LogP contribution in [0.2, 0.25) is 0 Å². The van der Waals surface area contributed by atoms with Crippen molar-refractivity contribution in [1.82, 2.24) is 19.8 Å². The molecule has 8 rings (SSSR count). The van der Waals surface area contributed by atoms with Crippen molar-refractivity contribution in [3.05, 3.63) is 61.4 Å². The molecule has 3 amide bonds. The van der Waals surface area contributed by atoms with E-state index in [0.29, 0.717) is 31.5 Å². The molecule has 6 saturated heterocycles. The lowest BCUT2D eigenvalue weighted by atomic mass is 9.84. The van der Waals surface area contributed by atoms with Crippen molar-refractivity contribution in [1.29, 1.82) is 0 Å². The van der Waals surface area contributed by atoms with E-state index in [9.17, 15) is 39.4 Å². The van der Waals surface area contributed by atoms with Gasteiger partial charge >= 0.3 is 35.9 Å². The fourth-order valence-electron chi connectivity index (χ4n) is 8.95. The van der Waals surface area contributed by atoms with Crippen LogP contribution in [0.25, 0.3) is 0 Å². The monoisotopic (exact) mass is 887 g/mol. The standard InChI is InChI=1S/C19H24N4O6.C15H23NO4.C5H3BrN2O2/c1-18(2,3)28-17(25)22-12-4-5-13(22)9-19(8-12)11-21(16(24)29-19)14-6-7-15(20-10-14)23(26)27;1-14(2,3)20-13(18)16-10-4-5-11(16)9-15(8-10)7-6-12(17)19-15;6-4-1-2-5(7-3-4)8(9)10/h6-7,10,12-13H,4-5,8-9,11H2,1-3H3;10-11H,4-9H2,1-3H3;1-3H. The Morgan fingerprint density at radius 2 is 1.20 bits per heavy atom. The second-order valence-corrected chi connectivity index (χ2v) is 18.8. The summed E-state index contributed by atoms with van der Waals surface area (Å²) >= 11 is 3.11. The molecule has 320 valence electrons. The average Bonchev–Trinajstić information content (AvgIpc) is 3.83. The maximum absolute atomic E-state index is 12.6. The lowest BCUT2D eigenvalue weighted by molar-refractivity contribution is -0.389. The van der Waals surface area contributed by atoms with E-state index in [1.54, 1.807) is 11.0 Å². The van der Waals surface area contributed by atoms with E-state index in [-0.39, 0.29) is 59.6 Å². The zero-order valence-corrected chi connectivity index (χ0v) is 35.5. The van der Waals surface area contributed by atoms with Crippen LogP contribution in [0.3, 0.4) is 0 Å². The van der Waals surface area contributed by atoms with Gasteiger partial charge in [0.25, 0.3) is 0 Å². The van der Waals surface area contributed by atoms with Crippen molar-refractivity contribution in [3.63, 3.8) is 0 Å². The number of fused-ring (bicyclic) bond motifs is 4. The number of esters is 1. The Hall–Kier alpha value is -5.14. The number of halogens is 1. The summed E-state index contributed by atoms with van der Waals surface area (Å²) in [6.07, 6.45) is 9.31. The molecular weight excluding hydrogens is 838 g/mol. The summed E-state index contributed by atoms with van der Waals surface area (Å²) in [4.78, 5) is 81.1. The largest absolute Gasteiger partial charge is 0.459 e. The Balaban J connectivity index is 0.000000168. The second-order valence-electron chi connectivity index (χ2n) is 17.9. The van der Waals surface area contributed by atoms with Gasteiger partial charge in [-0.15, -0.1) is 0 Å². The third-order valence-corrected chi connectivity index (χ3v) is 11.6. The molecule has 4 atom stereocenters. The second kappa shape index (κ2) is 16.5. The molecule has 8 heterocycles. The maximum Gasteiger partial charge on any atom is 0.415 e. The number of pyridine rings is 2. The summed E-state index contributed by atoms with van der Waals surface area (Å²) in [5, 5.41) is 20.8. The zero-order chi connectivity index (χ0) is 43.1. The highest BCUT2D eigenvalue weighted by molar-refractivity contribution is 9.10. The fraction of sp³-hybridized carbons (Fsp3) is 0.641. The smallest absolute Gasteiger partial charge is 0.415 e. The molecule has 4 bridgehead atoms. The molecule has 2 spiro atoms. The molecule has 2 aromatic rings. The molecule has 0 aliphatic carbocycles. The molecule has 0 saturated carbocycles. The third-order valence-electron chi connectivity index (χ3n) is 11.1. The Labute approximate surface area is 349 Å². The Bertz CT molecular complexity index is 1920. The van der Waals surface area contributed by atoms with Gasteiger partial charge in [-0.05, 0) is 122 Å². The van der Waals surface area contributed by atoms with Crippen molar-refractivity contribution < 1.29 is 48.0 Å². The fourth-order valence-corrected chi connectivity index (χ4v) is 9.19. The minimum Gasteiger partial charge on any atom is -0.459 e. The Morgan fingerprint density at radius 3 is 1.58 bits per heavy atom. The summed E-state index contributed by atoms with van der Waals surface area (Å²) in [6, 6.07) is 5.93. The Morgan fingerprint density at radius 1 is 0.746 bits per heavy atom. The van der Waals surface area contributed by atoms with E-state index in [0.717, 1.165) is 49.4 Å². The first kappa shape index (κ1) is 43.4. The number of nitro groups is 2. The number of ether oxygens (including phenoxy) is 4. The maximum atomic E-state index is 12.6. The van der Waals surface area contributed by atoms with Crippen molar-refractivity contribution in [2.45, 2.75) is 152 Å². The molecule has 6 aliphatic heterocycles. The van der Waals surface area contributed by atoms with Crippen LogP contribution in [-0.2, 0) is 23.7 Å². The van der Waals surface area contributed by atoms with Gasteiger partial charge in [0.05, 0.1) is 16.7 Å². The number of rotatable bonds is 3. The Kier molecular flexibility index (Phi) is 12.1. The predicted molar refractivity (Wildman–Crippen MR) is 212 cm³/mol. The first-order chi connectivity index (χ1) is 27.5. The first-order valence-electron chi connectivity index (χ1n) is 19.7. The van der Waals surface area contributed by atoms with E-state index < -0.39 is 32.7 Å². The summed E-state index contributed by atoms with van der Waals surface area (Å²) in [5.41, 5.74) is -1.55. The quantitative estimate of drug-likeness (QED) is 0.125. The van der Waals surface area contributed by atoms with Crippen molar-refractivity contribution >= 4 is 57.5 Å². The molecule has 19 nitrogen and oxygen atoms in total. The predicted octanol–water partition coefficient (Wildman–Crippen LogP) is 7.62. The van der Waals surface area contributed by atoms with Crippen molar-refractivity contribution in [2.24, 2.45) is 0 Å². The highest BCUT2D eigenvalue weighted by atomic mass is 79.9. The molecule has 6 fully saturated rings. The van der Waals surface area contributed by atoms with Gasteiger partial charge < -0.3 is 49.0 Å². The molecule has 20 heteroatoms. The lowest BCUT2D eigenvalue weighted by Gasteiger charge is -2.43. The molecule has 59 heavy (non-hydrogen) atoms. The van der Waals surface area contributed by atoms with Gasteiger partial charge in [0.1, 0.15) is 22.4 Å². The summed E-state index contributed by atoms with van der Waals surface area (Å²) in [5.74, 6) is -0.502. The van der Waals surface area contributed by atoms with Crippen LogP contribution in [0.5, 0.6) is 0 Å². The van der Waals surface area contributed by atoms with E-state index in [2.05, 4.69) is 25.9 Å². The summed E-state index contributed by atoms with van der Waals surface area (Å²) < 4.78 is 23.2. The average molecular weight is 889 g/mol. The van der Waals surface area contributed by atoms with Gasteiger partial charge in [-0.2, -0.15) is 0 Å². The number of hydrogen-bond acceptors (Lipinski definition) is 14. The molecule has 6 aliphatic rings. The number of aromatic nitrogens is 2. The number of piperidine rings is 2. The van der Waals surface area contributed by atoms with Gasteiger partial charge in [0, 0.05) is 68.4 Å². The summed E-state index contributed by atoms with van der Waals surface area (Å²) in [7, 11) is 0. The normalized spacial score (nSPS) is 27.9. The van der Waals surface area contributed by atoms with Gasteiger partial charge in [-0.1, -0.05) is 0 Å². The molecule has 0 N–H and O–H groups in total. The number of carbonyl (C=O) groups is 4. The number of nitrogens with zero attached hydrogens (tertiary/aromatic N) is 7. The first-order valence-corrected chi connectivity index (χ1v) is 20.5. The van der Waals surface area contributed by atoms with E-state index >= 15 is 0 Å². The van der Waals surface area contributed by atoms with Crippen molar-refractivity contribution in [2.75, 3.05) is 11.4 Å². The van der Waals surface area contributed by atoms with Gasteiger partial charge in [0.2, 0.25) is 0 Å². The van der Waals surface area contributed by atoms with Crippen LogP contribution in [-0.4, -0.2) is 107 Å². The summed E-state index contributed by atoms with van der Waals surface area (Å²) in [6.45, 7) is 11.5. The van der Waals surface area contributed by atoms with E-state index in [1.165, 1.54) is 35.5 Å². The van der Waals surface area contributed by atoms with Crippen LogP contribution in [0, 0.1) is 20.2 Å². The number of carbonyl (C=O) groups excluding carboxylic acids is 4. The number of amides is 3. The van der Waals surface area contributed by atoms with Crippen LogP contribution in [0.4, 0.5) is 31.7 Å². The molecular formula is C39H50BrN7O12. The molecule has 2 aromatic heterocycles. The highest BCUT2D eigenvalue weighted by Crippen LogP contribution is 2.48. The molecule has 4 unspecified atom stereocenters. The third kappa shape index (κ3) is 10.2. The van der Waals surface area contributed by atoms with Crippen LogP contribution in [0.15, 0.2) is 41.1 Å². The zero-order valence-electron chi connectivity index (χ0n) is 34.0. The number of anilines is 1. The van der Waals surface area contributed by atoms with Gasteiger partial charge in [-0.3, -0.25) is 9.69 Å². The van der Waals surface area contributed by atoms with Gasteiger partial charge in [-0.25, -0.2) is 14.4 Å². The minimum absolute atomic E-state index is 0.0358. The van der Waals surface area contributed by atoms with Crippen LogP contribution in [0.1, 0.15) is 106 Å². The SMILES string of the molecule is CC(C)(C)OC(=O)N1C2CCC1CC1(C2)CN(c2ccc([N+](=O)[O-])nc2)C(=O)O1.CC(C)(C)OC(=O)N1C2CCC1CC1(CCC(=O)O1)C2.O=[N+]([O-])c1ccc(Br)cn1. The topological polar surface area (TPSA) is 227 Å². The van der Waals surface area contributed by atoms with E-state index in [4.69, 9.17) is 18.9 Å². The molecule has 0 aromatic carbocycles. The lowest BCUT2D eigenvalue weighted by Crippen LogP contribution is -2.55. The number of hydrogen-bond donors (Lipinski definition) is 0.